The summed E-state index contributed by atoms with van der Waals surface area (Å²) in [6.07, 6.45) is 3.36. The second kappa shape index (κ2) is 9.77. The molecule has 0 saturated carbocycles. The summed E-state index contributed by atoms with van der Waals surface area (Å²) in [5.74, 6) is 1.41. The minimum atomic E-state index is -0.0530. The molecule has 0 aliphatic heterocycles. The summed E-state index contributed by atoms with van der Waals surface area (Å²) in [5.41, 5.74) is 3.37. The maximum absolute atomic E-state index is 12.3. The van der Waals surface area contributed by atoms with Crippen molar-refractivity contribution in [2.75, 3.05) is 7.11 Å². The van der Waals surface area contributed by atoms with E-state index in [0.717, 1.165) is 32.7 Å². The summed E-state index contributed by atoms with van der Waals surface area (Å²) in [5, 5.41) is 0.706. The zero-order valence-corrected chi connectivity index (χ0v) is 18.5. The highest BCUT2D eigenvalue weighted by molar-refractivity contribution is 9.10. The van der Waals surface area contributed by atoms with Crippen LogP contribution in [0.1, 0.15) is 27.0 Å². The van der Waals surface area contributed by atoms with Gasteiger partial charge in [-0.3, -0.25) is 4.79 Å². The lowest BCUT2D eigenvalue weighted by molar-refractivity contribution is 0.104. The van der Waals surface area contributed by atoms with Crippen molar-refractivity contribution in [3.8, 4) is 11.5 Å². The number of allylic oxidation sites excluding steroid dienone is 1. The van der Waals surface area contributed by atoms with Crippen LogP contribution in [0.5, 0.6) is 11.5 Å². The third-order valence-electron chi connectivity index (χ3n) is 4.38. The molecule has 3 nitrogen and oxygen atoms in total. The van der Waals surface area contributed by atoms with E-state index in [4.69, 9.17) is 21.1 Å². The highest BCUT2D eigenvalue weighted by Crippen LogP contribution is 2.25. The summed E-state index contributed by atoms with van der Waals surface area (Å²) in [6, 6.07) is 18.6. The number of hydrogen-bond donors (Lipinski definition) is 0. The molecule has 148 valence electrons. The average Bonchev–Trinajstić information content (AvgIpc) is 2.73. The van der Waals surface area contributed by atoms with Gasteiger partial charge < -0.3 is 9.47 Å². The molecular weight excluding hydrogens is 452 g/mol. The van der Waals surface area contributed by atoms with E-state index in [0.29, 0.717) is 17.2 Å². The van der Waals surface area contributed by atoms with Gasteiger partial charge in [0.15, 0.2) is 5.78 Å². The van der Waals surface area contributed by atoms with Gasteiger partial charge in [0.05, 0.1) is 7.11 Å². The summed E-state index contributed by atoms with van der Waals surface area (Å²) in [4.78, 5) is 12.3. The number of hydrogen-bond acceptors (Lipinski definition) is 3. The number of methoxy groups -OCH3 is 1. The topological polar surface area (TPSA) is 35.5 Å². The van der Waals surface area contributed by atoms with Gasteiger partial charge in [-0.25, -0.2) is 0 Å². The fourth-order valence-electron chi connectivity index (χ4n) is 2.77. The second-order valence-electron chi connectivity index (χ2n) is 6.48. The number of benzene rings is 3. The Morgan fingerprint density at radius 1 is 1.07 bits per heavy atom. The van der Waals surface area contributed by atoms with Crippen molar-refractivity contribution in [2.24, 2.45) is 0 Å². The first-order valence-corrected chi connectivity index (χ1v) is 10.2. The Kier molecular flexibility index (Phi) is 7.13. The van der Waals surface area contributed by atoms with E-state index >= 15 is 0 Å². The predicted molar refractivity (Wildman–Crippen MR) is 121 cm³/mol. The molecule has 29 heavy (non-hydrogen) atoms. The zero-order chi connectivity index (χ0) is 20.8. The molecule has 5 heteroatoms. The van der Waals surface area contributed by atoms with Crippen molar-refractivity contribution >= 4 is 39.4 Å². The Labute approximate surface area is 184 Å². The Bertz CT molecular complexity index is 1040. The molecule has 0 radical (unpaired) electrons. The lowest BCUT2D eigenvalue weighted by Gasteiger charge is -2.12. The SMILES string of the molecule is COc1ccc(/C=C/C(=O)c2ccc(Br)cc2)cc1COc1ccc(Cl)c(C)c1. The van der Waals surface area contributed by atoms with Gasteiger partial charge in [0.1, 0.15) is 18.1 Å². The number of rotatable bonds is 7. The van der Waals surface area contributed by atoms with Crippen molar-refractivity contribution in [2.45, 2.75) is 13.5 Å². The number of ketones is 1. The second-order valence-corrected chi connectivity index (χ2v) is 7.80. The van der Waals surface area contributed by atoms with Crippen molar-refractivity contribution in [3.05, 3.63) is 98.5 Å². The third-order valence-corrected chi connectivity index (χ3v) is 5.34. The summed E-state index contributed by atoms with van der Waals surface area (Å²) < 4.78 is 12.3. The van der Waals surface area contributed by atoms with Gasteiger partial charge in [-0.2, -0.15) is 0 Å². The molecule has 0 fully saturated rings. The largest absolute Gasteiger partial charge is 0.496 e. The van der Waals surface area contributed by atoms with Gasteiger partial charge in [-0.1, -0.05) is 39.7 Å². The van der Waals surface area contributed by atoms with Crippen molar-refractivity contribution in [1.29, 1.82) is 0 Å². The van der Waals surface area contributed by atoms with Gasteiger partial charge in [-0.05, 0) is 78.7 Å². The van der Waals surface area contributed by atoms with E-state index < -0.39 is 0 Å². The highest BCUT2D eigenvalue weighted by atomic mass is 79.9. The molecule has 0 heterocycles. The van der Waals surface area contributed by atoms with Crippen molar-refractivity contribution in [1.82, 2.24) is 0 Å². The Hall–Kier alpha value is -2.56. The minimum absolute atomic E-state index is 0.0530. The first kappa shape index (κ1) is 21.2. The van der Waals surface area contributed by atoms with E-state index in [2.05, 4.69) is 15.9 Å². The lowest BCUT2D eigenvalue weighted by Crippen LogP contribution is -2.00. The normalized spacial score (nSPS) is 10.9. The Morgan fingerprint density at radius 2 is 1.83 bits per heavy atom. The van der Waals surface area contributed by atoms with Gasteiger partial charge in [0.2, 0.25) is 0 Å². The van der Waals surface area contributed by atoms with Gasteiger partial charge in [0.25, 0.3) is 0 Å². The fourth-order valence-corrected chi connectivity index (χ4v) is 3.15. The van der Waals surface area contributed by atoms with Crippen LogP contribution in [0, 0.1) is 6.92 Å². The maximum Gasteiger partial charge on any atom is 0.185 e. The molecule has 0 N–H and O–H groups in total. The van der Waals surface area contributed by atoms with E-state index in [1.54, 1.807) is 31.4 Å². The maximum atomic E-state index is 12.3. The first-order chi connectivity index (χ1) is 14.0. The number of carbonyl (C=O) groups is 1. The molecule has 3 aromatic carbocycles. The van der Waals surface area contributed by atoms with E-state index in [-0.39, 0.29) is 5.78 Å². The van der Waals surface area contributed by atoms with E-state index in [1.807, 2.05) is 55.5 Å². The molecule has 0 amide bonds. The van der Waals surface area contributed by atoms with Gasteiger partial charge in [0, 0.05) is 20.6 Å². The van der Waals surface area contributed by atoms with Crippen LogP contribution in [0.3, 0.4) is 0 Å². The molecule has 0 spiro atoms. The standard InChI is InChI=1S/C24H20BrClO3/c1-16-13-21(9-10-22(16)26)29-15-19-14-17(4-12-24(19)28-2)3-11-23(27)18-5-7-20(25)8-6-18/h3-14H,15H2,1-2H3/b11-3+. The molecule has 0 saturated heterocycles. The van der Waals surface area contributed by atoms with Crippen molar-refractivity contribution < 1.29 is 14.3 Å². The minimum Gasteiger partial charge on any atom is -0.496 e. The quantitative estimate of drug-likeness (QED) is 0.278. The molecule has 3 rings (SSSR count). The van der Waals surface area contributed by atoms with Gasteiger partial charge in [-0.15, -0.1) is 0 Å². The number of ether oxygens (including phenoxy) is 2. The molecule has 0 unspecified atom stereocenters. The summed E-state index contributed by atoms with van der Waals surface area (Å²) >= 11 is 9.44. The number of halogens is 2. The molecule has 0 atom stereocenters. The zero-order valence-electron chi connectivity index (χ0n) is 16.1. The Balaban J connectivity index is 1.74. The van der Waals surface area contributed by atoms with Gasteiger partial charge >= 0.3 is 0 Å². The molecule has 0 aliphatic carbocycles. The monoisotopic (exact) mass is 470 g/mol. The van der Waals surface area contributed by atoms with Crippen LogP contribution in [-0.2, 0) is 6.61 Å². The Morgan fingerprint density at radius 3 is 2.52 bits per heavy atom. The van der Waals surface area contributed by atoms with Crippen LogP contribution in [0.2, 0.25) is 5.02 Å². The fraction of sp³-hybridized carbons (Fsp3) is 0.125. The average molecular weight is 472 g/mol. The van der Waals surface area contributed by atoms with Crippen LogP contribution >= 0.6 is 27.5 Å². The number of carbonyl (C=O) groups excluding carboxylic acids is 1. The lowest BCUT2D eigenvalue weighted by atomic mass is 10.1. The molecule has 0 aliphatic rings. The number of aryl methyl sites for hydroxylation is 1. The highest BCUT2D eigenvalue weighted by Gasteiger charge is 2.07. The summed E-state index contributed by atoms with van der Waals surface area (Å²) in [7, 11) is 1.62. The smallest absolute Gasteiger partial charge is 0.185 e. The molecule has 0 bridgehead atoms. The first-order valence-electron chi connectivity index (χ1n) is 9.00. The van der Waals surface area contributed by atoms with Crippen LogP contribution in [-0.4, -0.2) is 12.9 Å². The summed E-state index contributed by atoms with van der Waals surface area (Å²) in [6.45, 7) is 2.27. The third kappa shape index (κ3) is 5.72. The predicted octanol–water partition coefficient (Wildman–Crippen LogP) is 6.89. The van der Waals surface area contributed by atoms with Crippen LogP contribution in [0.25, 0.3) is 6.08 Å². The van der Waals surface area contributed by atoms with Crippen LogP contribution < -0.4 is 9.47 Å². The molecule has 3 aromatic rings. The van der Waals surface area contributed by atoms with Crippen LogP contribution in [0.4, 0.5) is 0 Å². The van der Waals surface area contributed by atoms with E-state index in [1.165, 1.54) is 0 Å². The molecule has 0 aromatic heterocycles. The van der Waals surface area contributed by atoms with Crippen molar-refractivity contribution in [3.63, 3.8) is 0 Å². The molecular formula is C24H20BrClO3. The van der Waals surface area contributed by atoms with E-state index in [9.17, 15) is 4.79 Å². The van der Waals surface area contributed by atoms with Crippen LogP contribution in [0.15, 0.2) is 71.2 Å².